The van der Waals surface area contributed by atoms with Crippen LogP contribution in [0.1, 0.15) is 36.0 Å². The van der Waals surface area contributed by atoms with Gasteiger partial charge in [-0.25, -0.2) is 0 Å². The first-order chi connectivity index (χ1) is 11.1. The maximum absolute atomic E-state index is 12.7. The molecule has 1 spiro atoms. The molecule has 0 aromatic heterocycles. The summed E-state index contributed by atoms with van der Waals surface area (Å²) in [5.74, 6) is -0.264. The highest BCUT2D eigenvalue weighted by molar-refractivity contribution is 5.97. The molecule has 2 aliphatic heterocycles. The fourth-order valence-electron chi connectivity index (χ4n) is 3.65. The van der Waals surface area contributed by atoms with Crippen molar-refractivity contribution in [2.75, 3.05) is 26.2 Å². The van der Waals surface area contributed by atoms with Crippen LogP contribution >= 0.6 is 12.4 Å². The van der Waals surface area contributed by atoms with Gasteiger partial charge in [0.1, 0.15) is 5.75 Å². The quantitative estimate of drug-likeness (QED) is 0.899. The van der Waals surface area contributed by atoms with Crippen molar-refractivity contribution in [3.05, 3.63) is 29.8 Å². The fraction of sp³-hybridized carbons (Fsp3) is 0.588. The second-order valence-corrected chi connectivity index (χ2v) is 6.42. The highest BCUT2D eigenvalue weighted by Gasteiger charge is 2.37. The summed E-state index contributed by atoms with van der Waals surface area (Å²) in [5, 5.41) is 3.37. The van der Waals surface area contributed by atoms with Gasteiger partial charge < -0.3 is 15.0 Å². The molecule has 134 valence electrons. The number of hydrogen-bond acceptors (Lipinski definition) is 3. The number of carbonyl (C=O) groups is 1. The molecule has 24 heavy (non-hydrogen) atoms. The topological polar surface area (TPSA) is 41.6 Å². The number of amides is 1. The van der Waals surface area contributed by atoms with E-state index in [1.807, 2.05) is 0 Å². The minimum Gasteiger partial charge on any atom is -0.434 e. The molecule has 7 heteroatoms. The molecule has 0 radical (unpaired) electrons. The number of piperidine rings is 2. The maximum atomic E-state index is 12.7. The van der Waals surface area contributed by atoms with Crippen LogP contribution in [0.4, 0.5) is 8.78 Å². The number of nitrogens with zero attached hydrogens (tertiary/aromatic N) is 1. The van der Waals surface area contributed by atoms with Gasteiger partial charge in [-0.15, -0.1) is 12.4 Å². The molecule has 1 amide bonds. The number of benzene rings is 1. The molecule has 0 saturated carbocycles. The molecule has 2 aliphatic rings. The van der Waals surface area contributed by atoms with Crippen LogP contribution in [0.3, 0.4) is 0 Å². The SMILES string of the molecule is Cl.O=C(c1ccccc1OC(F)F)N1CCC2(CCNCC2)CC1. The van der Waals surface area contributed by atoms with Gasteiger partial charge in [0.05, 0.1) is 5.56 Å². The number of carbonyl (C=O) groups excluding carboxylic acids is 1. The lowest BCUT2D eigenvalue weighted by atomic mass is 9.71. The molecule has 2 saturated heterocycles. The molecule has 4 nitrogen and oxygen atoms in total. The highest BCUT2D eigenvalue weighted by Crippen LogP contribution is 2.40. The smallest absolute Gasteiger partial charge is 0.387 e. The fourth-order valence-corrected chi connectivity index (χ4v) is 3.65. The first kappa shape index (κ1) is 18.9. The zero-order chi connectivity index (χ0) is 16.3. The average Bonchev–Trinajstić information content (AvgIpc) is 2.56. The van der Waals surface area contributed by atoms with Crippen LogP contribution in [0.2, 0.25) is 0 Å². The predicted molar refractivity (Wildman–Crippen MR) is 90.0 cm³/mol. The number of alkyl halides is 2. The minimum atomic E-state index is -2.93. The lowest BCUT2D eigenvalue weighted by molar-refractivity contribution is -0.0503. The van der Waals surface area contributed by atoms with E-state index >= 15 is 0 Å². The molecule has 0 atom stereocenters. The van der Waals surface area contributed by atoms with Gasteiger partial charge >= 0.3 is 6.61 Å². The van der Waals surface area contributed by atoms with E-state index in [1.54, 1.807) is 23.1 Å². The van der Waals surface area contributed by atoms with Gasteiger partial charge in [-0.1, -0.05) is 12.1 Å². The molecule has 2 fully saturated rings. The van der Waals surface area contributed by atoms with Crippen molar-refractivity contribution in [2.45, 2.75) is 32.3 Å². The van der Waals surface area contributed by atoms with Crippen LogP contribution in [-0.4, -0.2) is 43.6 Å². The maximum Gasteiger partial charge on any atom is 0.387 e. The number of ether oxygens (including phenoxy) is 1. The van der Waals surface area contributed by atoms with Crippen LogP contribution in [0.5, 0.6) is 5.75 Å². The summed E-state index contributed by atoms with van der Waals surface area (Å²) in [5.41, 5.74) is 0.565. The van der Waals surface area contributed by atoms with Crippen LogP contribution in [0.25, 0.3) is 0 Å². The summed E-state index contributed by atoms with van der Waals surface area (Å²) < 4.78 is 29.5. The van der Waals surface area contributed by atoms with E-state index in [2.05, 4.69) is 10.1 Å². The summed E-state index contributed by atoms with van der Waals surface area (Å²) in [6.07, 6.45) is 4.27. The molecule has 1 aromatic carbocycles. The van der Waals surface area contributed by atoms with Crippen molar-refractivity contribution in [3.8, 4) is 5.75 Å². The molecule has 0 aliphatic carbocycles. The number of hydrogen-bond donors (Lipinski definition) is 1. The number of likely N-dealkylation sites (tertiary alicyclic amines) is 1. The molecule has 1 N–H and O–H groups in total. The second-order valence-electron chi connectivity index (χ2n) is 6.42. The zero-order valence-electron chi connectivity index (χ0n) is 13.5. The van der Waals surface area contributed by atoms with E-state index in [-0.39, 0.29) is 29.6 Å². The minimum absolute atomic E-state index is 0. The molecule has 0 bridgehead atoms. The largest absolute Gasteiger partial charge is 0.434 e. The Morgan fingerprint density at radius 1 is 1.12 bits per heavy atom. The van der Waals surface area contributed by atoms with Gasteiger partial charge in [0.2, 0.25) is 0 Å². The Morgan fingerprint density at radius 3 is 2.38 bits per heavy atom. The highest BCUT2D eigenvalue weighted by atomic mass is 35.5. The third-order valence-corrected chi connectivity index (χ3v) is 5.11. The lowest BCUT2D eigenvalue weighted by Crippen LogP contribution is -2.47. The van der Waals surface area contributed by atoms with Crippen LogP contribution in [-0.2, 0) is 0 Å². The monoisotopic (exact) mass is 360 g/mol. The van der Waals surface area contributed by atoms with Crippen LogP contribution in [0, 0.1) is 5.41 Å². The lowest BCUT2D eigenvalue weighted by Gasteiger charge is -2.44. The van der Waals surface area contributed by atoms with Gasteiger partial charge in [0.15, 0.2) is 0 Å². The Bertz CT molecular complexity index is 555. The molecule has 0 unspecified atom stereocenters. The van der Waals surface area contributed by atoms with Crippen molar-refractivity contribution in [2.24, 2.45) is 5.41 Å². The van der Waals surface area contributed by atoms with Crippen LogP contribution in [0.15, 0.2) is 24.3 Å². The van der Waals surface area contributed by atoms with E-state index in [0.29, 0.717) is 18.5 Å². The molecule has 1 aromatic rings. The standard InChI is InChI=1S/C17H22F2N2O2.ClH/c18-16(19)23-14-4-2-1-3-13(14)15(22)21-11-7-17(8-12-21)5-9-20-10-6-17;/h1-4,16,20H,5-12H2;1H. The van der Waals surface area contributed by atoms with Crippen molar-refractivity contribution in [1.29, 1.82) is 0 Å². The first-order valence-corrected chi connectivity index (χ1v) is 8.14. The summed E-state index contributed by atoms with van der Waals surface area (Å²) in [4.78, 5) is 14.4. The predicted octanol–water partition coefficient (Wildman–Crippen LogP) is 3.32. The molecule has 3 rings (SSSR count). The first-order valence-electron chi connectivity index (χ1n) is 8.14. The third-order valence-electron chi connectivity index (χ3n) is 5.11. The Morgan fingerprint density at radius 2 is 1.75 bits per heavy atom. The van der Waals surface area contributed by atoms with Gasteiger partial charge in [-0.3, -0.25) is 4.79 Å². The summed E-state index contributed by atoms with van der Waals surface area (Å²) in [6, 6.07) is 6.23. The molecular formula is C17H23ClF2N2O2. The van der Waals surface area contributed by atoms with E-state index < -0.39 is 6.61 Å². The molecule has 2 heterocycles. The van der Waals surface area contributed by atoms with Gasteiger partial charge in [-0.05, 0) is 56.3 Å². The Labute approximate surface area is 147 Å². The van der Waals surface area contributed by atoms with Crippen LogP contribution < -0.4 is 10.1 Å². The van der Waals surface area contributed by atoms with E-state index in [0.717, 1.165) is 38.8 Å². The summed E-state index contributed by atoms with van der Waals surface area (Å²) in [6.45, 7) is 0.519. The van der Waals surface area contributed by atoms with E-state index in [9.17, 15) is 13.6 Å². The van der Waals surface area contributed by atoms with E-state index in [4.69, 9.17) is 0 Å². The van der Waals surface area contributed by atoms with Gasteiger partial charge in [-0.2, -0.15) is 8.78 Å². The number of para-hydroxylation sites is 1. The van der Waals surface area contributed by atoms with Gasteiger partial charge in [0.25, 0.3) is 5.91 Å². The zero-order valence-corrected chi connectivity index (χ0v) is 14.3. The van der Waals surface area contributed by atoms with Crippen molar-refractivity contribution in [3.63, 3.8) is 0 Å². The summed E-state index contributed by atoms with van der Waals surface area (Å²) >= 11 is 0. The Kier molecular flexibility index (Phi) is 6.40. The number of halogens is 3. The molecular weight excluding hydrogens is 338 g/mol. The van der Waals surface area contributed by atoms with Gasteiger partial charge in [0, 0.05) is 13.1 Å². The van der Waals surface area contributed by atoms with E-state index in [1.165, 1.54) is 6.07 Å². The number of rotatable bonds is 3. The second kappa shape index (κ2) is 8.12. The van der Waals surface area contributed by atoms with Crippen molar-refractivity contribution in [1.82, 2.24) is 10.2 Å². The average molecular weight is 361 g/mol. The Balaban J connectivity index is 0.00000208. The summed E-state index contributed by atoms with van der Waals surface area (Å²) in [7, 11) is 0. The van der Waals surface area contributed by atoms with Crippen molar-refractivity contribution < 1.29 is 18.3 Å². The third kappa shape index (κ3) is 4.16. The van der Waals surface area contributed by atoms with Crippen molar-refractivity contribution >= 4 is 18.3 Å². The number of nitrogens with one attached hydrogen (secondary N) is 1. The Hall–Kier alpha value is -1.40. The normalized spacial score (nSPS) is 19.9.